The summed E-state index contributed by atoms with van der Waals surface area (Å²) in [6, 6.07) is 2.29. The Labute approximate surface area is 112 Å². The Hall–Kier alpha value is -0.860. The lowest BCUT2D eigenvalue weighted by Gasteiger charge is -2.16. The van der Waals surface area contributed by atoms with Crippen LogP contribution >= 0.6 is 0 Å². The normalized spacial score (nSPS) is 11.3. The number of nitrogens with zero attached hydrogens (tertiary/aromatic N) is 1. The second-order valence-corrected chi connectivity index (χ2v) is 5.57. The zero-order chi connectivity index (χ0) is 13.7. The molecule has 18 heavy (non-hydrogen) atoms. The third kappa shape index (κ3) is 4.11. The summed E-state index contributed by atoms with van der Waals surface area (Å²) in [5, 5.41) is 3.57. The van der Waals surface area contributed by atoms with Crippen molar-refractivity contribution in [2.75, 3.05) is 27.2 Å². The number of hydrogen-bond donors (Lipinski definition) is 1. The summed E-state index contributed by atoms with van der Waals surface area (Å²) in [5.74, 6) is 0. The van der Waals surface area contributed by atoms with Crippen LogP contribution in [0.3, 0.4) is 0 Å². The van der Waals surface area contributed by atoms with E-state index in [0.29, 0.717) is 0 Å². The SMILES string of the molecule is Cc1cc(C)c(C)c(CNCCCN(C)C)c1C. The lowest BCUT2D eigenvalue weighted by atomic mass is 9.94. The van der Waals surface area contributed by atoms with Crippen molar-refractivity contribution < 1.29 is 0 Å². The molecule has 2 heteroatoms. The largest absolute Gasteiger partial charge is 0.313 e. The maximum atomic E-state index is 3.57. The zero-order valence-corrected chi connectivity index (χ0v) is 12.9. The van der Waals surface area contributed by atoms with Gasteiger partial charge in [-0.25, -0.2) is 0 Å². The molecule has 0 bridgehead atoms. The van der Waals surface area contributed by atoms with Crippen LogP contribution in [0.5, 0.6) is 0 Å². The quantitative estimate of drug-likeness (QED) is 0.779. The highest BCUT2D eigenvalue weighted by Gasteiger charge is 2.07. The van der Waals surface area contributed by atoms with Gasteiger partial charge in [0.05, 0.1) is 0 Å². The molecule has 0 heterocycles. The summed E-state index contributed by atoms with van der Waals surface area (Å²) in [6.07, 6.45) is 1.20. The third-order valence-corrected chi connectivity index (χ3v) is 3.78. The second kappa shape index (κ2) is 6.91. The molecule has 0 aliphatic carbocycles. The van der Waals surface area contributed by atoms with Crippen LogP contribution in [0.2, 0.25) is 0 Å². The van der Waals surface area contributed by atoms with Gasteiger partial charge in [-0.1, -0.05) is 6.07 Å². The van der Waals surface area contributed by atoms with Crippen molar-refractivity contribution >= 4 is 0 Å². The molecule has 0 spiro atoms. The Bertz CT molecular complexity index is 368. The van der Waals surface area contributed by atoms with Gasteiger partial charge >= 0.3 is 0 Å². The van der Waals surface area contributed by atoms with E-state index in [1.165, 1.54) is 34.2 Å². The monoisotopic (exact) mass is 248 g/mol. The van der Waals surface area contributed by atoms with Crippen LogP contribution in [0.1, 0.15) is 34.2 Å². The molecule has 0 fully saturated rings. The molecule has 1 N–H and O–H groups in total. The van der Waals surface area contributed by atoms with Gasteiger partial charge in [0.2, 0.25) is 0 Å². The number of benzene rings is 1. The van der Waals surface area contributed by atoms with E-state index in [1.807, 2.05) is 0 Å². The molecule has 1 aromatic carbocycles. The third-order valence-electron chi connectivity index (χ3n) is 3.78. The van der Waals surface area contributed by atoms with Crippen LogP contribution in [0.25, 0.3) is 0 Å². The number of nitrogens with one attached hydrogen (secondary N) is 1. The Morgan fingerprint density at radius 3 is 2.06 bits per heavy atom. The van der Waals surface area contributed by atoms with Crippen LogP contribution in [-0.4, -0.2) is 32.1 Å². The van der Waals surface area contributed by atoms with Crippen molar-refractivity contribution in [2.45, 2.75) is 40.7 Å². The number of hydrogen-bond acceptors (Lipinski definition) is 2. The highest BCUT2D eigenvalue weighted by Crippen LogP contribution is 2.21. The Morgan fingerprint density at radius 2 is 1.56 bits per heavy atom. The van der Waals surface area contributed by atoms with Gasteiger partial charge in [-0.15, -0.1) is 0 Å². The first-order valence-corrected chi connectivity index (χ1v) is 6.85. The first-order valence-electron chi connectivity index (χ1n) is 6.85. The smallest absolute Gasteiger partial charge is 0.0210 e. The summed E-state index contributed by atoms with van der Waals surface area (Å²) in [7, 11) is 4.25. The zero-order valence-electron chi connectivity index (χ0n) is 12.9. The van der Waals surface area contributed by atoms with Crippen molar-refractivity contribution in [2.24, 2.45) is 0 Å². The maximum absolute atomic E-state index is 3.57. The molecule has 0 aliphatic heterocycles. The standard InChI is InChI=1S/C16H28N2/c1-12-10-13(2)15(4)16(14(12)3)11-17-8-7-9-18(5)6/h10,17H,7-9,11H2,1-6H3. The highest BCUT2D eigenvalue weighted by molar-refractivity contribution is 5.43. The molecule has 0 amide bonds. The average molecular weight is 248 g/mol. The molecule has 0 radical (unpaired) electrons. The van der Waals surface area contributed by atoms with Gasteiger partial charge in [0.15, 0.2) is 0 Å². The predicted octanol–water partition coefficient (Wildman–Crippen LogP) is 2.96. The minimum absolute atomic E-state index is 0.994. The predicted molar refractivity (Wildman–Crippen MR) is 80.3 cm³/mol. The molecule has 1 rings (SSSR count). The van der Waals surface area contributed by atoms with Gasteiger partial charge in [0, 0.05) is 6.54 Å². The lowest BCUT2D eigenvalue weighted by molar-refractivity contribution is 0.394. The fraction of sp³-hybridized carbons (Fsp3) is 0.625. The molecule has 0 saturated heterocycles. The Morgan fingerprint density at radius 1 is 1.00 bits per heavy atom. The van der Waals surface area contributed by atoms with E-state index in [9.17, 15) is 0 Å². The van der Waals surface area contributed by atoms with Gasteiger partial charge in [0.1, 0.15) is 0 Å². The average Bonchev–Trinajstić information content (AvgIpc) is 2.30. The molecule has 0 aromatic heterocycles. The van der Waals surface area contributed by atoms with Gasteiger partial charge in [-0.05, 0) is 89.1 Å². The summed E-state index contributed by atoms with van der Waals surface area (Å²) in [5.41, 5.74) is 7.18. The molecule has 0 aliphatic rings. The van der Waals surface area contributed by atoms with Crippen molar-refractivity contribution in [3.05, 3.63) is 33.9 Å². The van der Waals surface area contributed by atoms with E-state index in [2.05, 4.69) is 58.1 Å². The maximum Gasteiger partial charge on any atom is 0.0210 e. The topological polar surface area (TPSA) is 15.3 Å². The van der Waals surface area contributed by atoms with Crippen LogP contribution in [0, 0.1) is 27.7 Å². The fourth-order valence-electron chi connectivity index (χ4n) is 2.30. The van der Waals surface area contributed by atoms with Crippen molar-refractivity contribution in [1.82, 2.24) is 10.2 Å². The molecule has 0 saturated carbocycles. The summed E-state index contributed by atoms with van der Waals surface area (Å²) < 4.78 is 0. The Kier molecular flexibility index (Phi) is 5.83. The van der Waals surface area contributed by atoms with Gasteiger partial charge in [0.25, 0.3) is 0 Å². The molecule has 0 atom stereocenters. The molecule has 2 nitrogen and oxygen atoms in total. The highest BCUT2D eigenvalue weighted by atomic mass is 15.0. The molecule has 0 unspecified atom stereocenters. The fourth-order valence-corrected chi connectivity index (χ4v) is 2.30. The molecule has 102 valence electrons. The van der Waals surface area contributed by atoms with Crippen molar-refractivity contribution in [3.8, 4) is 0 Å². The number of rotatable bonds is 6. The number of aryl methyl sites for hydroxylation is 2. The lowest BCUT2D eigenvalue weighted by Crippen LogP contribution is -2.22. The second-order valence-electron chi connectivity index (χ2n) is 5.57. The molecular weight excluding hydrogens is 220 g/mol. The van der Waals surface area contributed by atoms with Crippen LogP contribution in [0.15, 0.2) is 6.07 Å². The van der Waals surface area contributed by atoms with Gasteiger partial charge in [-0.3, -0.25) is 0 Å². The van der Waals surface area contributed by atoms with E-state index in [4.69, 9.17) is 0 Å². The van der Waals surface area contributed by atoms with E-state index >= 15 is 0 Å². The van der Waals surface area contributed by atoms with Crippen LogP contribution in [0.4, 0.5) is 0 Å². The summed E-state index contributed by atoms with van der Waals surface area (Å²) in [4.78, 5) is 2.23. The summed E-state index contributed by atoms with van der Waals surface area (Å²) in [6.45, 7) is 12.1. The van der Waals surface area contributed by atoms with Gasteiger partial charge < -0.3 is 10.2 Å². The Balaban J connectivity index is 2.57. The van der Waals surface area contributed by atoms with E-state index in [-0.39, 0.29) is 0 Å². The van der Waals surface area contributed by atoms with Crippen molar-refractivity contribution in [1.29, 1.82) is 0 Å². The first-order chi connectivity index (χ1) is 8.43. The van der Waals surface area contributed by atoms with Crippen LogP contribution in [-0.2, 0) is 6.54 Å². The van der Waals surface area contributed by atoms with Crippen molar-refractivity contribution in [3.63, 3.8) is 0 Å². The molecular formula is C16H28N2. The van der Waals surface area contributed by atoms with E-state index in [0.717, 1.165) is 19.6 Å². The first kappa shape index (κ1) is 15.2. The van der Waals surface area contributed by atoms with E-state index in [1.54, 1.807) is 0 Å². The van der Waals surface area contributed by atoms with Gasteiger partial charge in [-0.2, -0.15) is 0 Å². The summed E-state index contributed by atoms with van der Waals surface area (Å²) >= 11 is 0. The minimum atomic E-state index is 0.994. The van der Waals surface area contributed by atoms with Crippen LogP contribution < -0.4 is 5.32 Å². The molecule has 1 aromatic rings. The minimum Gasteiger partial charge on any atom is -0.313 e. The van der Waals surface area contributed by atoms with E-state index < -0.39 is 0 Å².